The molecule has 1 heterocycles. The van der Waals surface area contributed by atoms with E-state index in [0.29, 0.717) is 0 Å². The summed E-state index contributed by atoms with van der Waals surface area (Å²) in [6, 6.07) is 2.17. The Balaban J connectivity index is 2.50. The monoisotopic (exact) mass is 214 g/mol. The minimum absolute atomic E-state index is 0.00658. The quantitative estimate of drug-likeness (QED) is 0.542. The normalized spacial score (nSPS) is 9.67. The lowest BCUT2D eigenvalue weighted by molar-refractivity contribution is -0.144. The summed E-state index contributed by atoms with van der Waals surface area (Å²) in [4.78, 5) is 28.7. The van der Waals surface area contributed by atoms with Gasteiger partial charge in [-0.05, 0) is 6.07 Å². The van der Waals surface area contributed by atoms with Crippen LogP contribution in [0.15, 0.2) is 18.3 Å². The van der Waals surface area contributed by atoms with Gasteiger partial charge in [-0.3, -0.25) is 9.63 Å². The van der Waals surface area contributed by atoms with Crippen molar-refractivity contribution in [2.24, 2.45) is 0 Å². The van der Waals surface area contributed by atoms with E-state index in [9.17, 15) is 14.0 Å². The Morgan fingerprint density at radius 1 is 1.60 bits per heavy atom. The number of rotatable bonds is 4. The van der Waals surface area contributed by atoms with Gasteiger partial charge in [0.2, 0.25) is 5.95 Å². The van der Waals surface area contributed by atoms with Gasteiger partial charge < -0.3 is 5.11 Å². The van der Waals surface area contributed by atoms with Crippen molar-refractivity contribution in [2.75, 3.05) is 6.61 Å². The van der Waals surface area contributed by atoms with Crippen LogP contribution >= 0.6 is 0 Å². The first-order chi connectivity index (χ1) is 7.09. The van der Waals surface area contributed by atoms with Gasteiger partial charge in [-0.15, -0.1) is 0 Å². The molecule has 1 aromatic rings. The minimum atomic E-state index is -1.23. The number of hydroxylamine groups is 1. The standard InChI is InChI=1S/C8H7FN2O4/c9-6-3-5(1-2-10-6)8(14)11-15-4-7(12)13/h1-3H,4H2,(H,11,14)(H,12,13). The smallest absolute Gasteiger partial charge is 0.332 e. The van der Waals surface area contributed by atoms with Gasteiger partial charge in [-0.1, -0.05) is 0 Å². The molecule has 1 aromatic heterocycles. The zero-order chi connectivity index (χ0) is 11.3. The first kappa shape index (κ1) is 11.1. The number of carboxylic acids is 1. The van der Waals surface area contributed by atoms with Crippen LogP contribution < -0.4 is 5.48 Å². The van der Waals surface area contributed by atoms with Crippen LogP contribution in [0.3, 0.4) is 0 Å². The minimum Gasteiger partial charge on any atom is -0.479 e. The molecule has 0 radical (unpaired) electrons. The molecule has 15 heavy (non-hydrogen) atoms. The van der Waals surface area contributed by atoms with Gasteiger partial charge in [0, 0.05) is 17.8 Å². The number of aromatic nitrogens is 1. The van der Waals surface area contributed by atoms with Crippen molar-refractivity contribution in [1.29, 1.82) is 0 Å². The van der Waals surface area contributed by atoms with Gasteiger partial charge in [0.25, 0.3) is 5.91 Å². The van der Waals surface area contributed by atoms with Gasteiger partial charge in [0.1, 0.15) is 0 Å². The van der Waals surface area contributed by atoms with Crippen LogP contribution in [0.2, 0.25) is 0 Å². The Morgan fingerprint density at radius 2 is 2.33 bits per heavy atom. The Kier molecular flexibility index (Phi) is 3.69. The number of hydrogen-bond donors (Lipinski definition) is 2. The molecule has 0 spiro atoms. The Labute approximate surface area is 83.6 Å². The number of amides is 1. The van der Waals surface area contributed by atoms with E-state index in [0.717, 1.165) is 12.3 Å². The van der Waals surface area contributed by atoms with Crippen molar-refractivity contribution < 1.29 is 23.9 Å². The predicted molar refractivity (Wildman–Crippen MR) is 45.2 cm³/mol. The first-order valence-corrected chi connectivity index (χ1v) is 3.85. The van der Waals surface area contributed by atoms with Crippen LogP contribution in [0.25, 0.3) is 0 Å². The number of nitrogens with zero attached hydrogens (tertiary/aromatic N) is 1. The fourth-order valence-electron chi connectivity index (χ4n) is 0.766. The number of halogens is 1. The summed E-state index contributed by atoms with van der Waals surface area (Å²) in [7, 11) is 0. The molecule has 0 saturated carbocycles. The zero-order valence-corrected chi connectivity index (χ0v) is 7.44. The second-order valence-electron chi connectivity index (χ2n) is 2.48. The van der Waals surface area contributed by atoms with E-state index in [1.54, 1.807) is 0 Å². The second kappa shape index (κ2) is 5.01. The zero-order valence-electron chi connectivity index (χ0n) is 7.44. The SMILES string of the molecule is O=C(O)CONC(=O)c1ccnc(F)c1. The summed E-state index contributed by atoms with van der Waals surface area (Å²) in [6.45, 7) is -0.667. The van der Waals surface area contributed by atoms with Crippen molar-refractivity contribution >= 4 is 11.9 Å². The van der Waals surface area contributed by atoms with E-state index in [1.807, 2.05) is 5.48 Å². The number of carbonyl (C=O) groups excluding carboxylic acids is 1. The lowest BCUT2D eigenvalue weighted by Crippen LogP contribution is -2.26. The maximum absolute atomic E-state index is 12.6. The summed E-state index contributed by atoms with van der Waals surface area (Å²) < 4.78 is 12.6. The lowest BCUT2D eigenvalue weighted by Gasteiger charge is -2.02. The average Bonchev–Trinajstić information content (AvgIpc) is 2.17. The fraction of sp³-hybridized carbons (Fsp3) is 0.125. The third-order valence-electron chi connectivity index (χ3n) is 1.35. The fourth-order valence-corrected chi connectivity index (χ4v) is 0.766. The van der Waals surface area contributed by atoms with E-state index in [2.05, 4.69) is 9.82 Å². The van der Waals surface area contributed by atoms with Crippen molar-refractivity contribution in [1.82, 2.24) is 10.5 Å². The van der Waals surface area contributed by atoms with Crippen molar-refractivity contribution in [3.05, 3.63) is 29.8 Å². The number of pyridine rings is 1. The Bertz CT molecular complexity index is 383. The van der Waals surface area contributed by atoms with E-state index in [1.165, 1.54) is 6.07 Å². The predicted octanol–water partition coefficient (Wildman–Crippen LogP) is -0.0333. The molecule has 0 atom stereocenters. The first-order valence-electron chi connectivity index (χ1n) is 3.85. The maximum Gasteiger partial charge on any atom is 0.332 e. The number of nitrogens with one attached hydrogen (secondary N) is 1. The van der Waals surface area contributed by atoms with Crippen LogP contribution in [0.5, 0.6) is 0 Å². The molecule has 0 saturated heterocycles. The van der Waals surface area contributed by atoms with Crippen molar-refractivity contribution in [2.45, 2.75) is 0 Å². The molecule has 7 heteroatoms. The molecule has 80 valence electrons. The summed E-state index contributed by atoms with van der Waals surface area (Å²) in [5, 5.41) is 8.19. The van der Waals surface area contributed by atoms with E-state index >= 15 is 0 Å². The Hall–Kier alpha value is -2.02. The van der Waals surface area contributed by atoms with E-state index in [-0.39, 0.29) is 5.56 Å². The van der Waals surface area contributed by atoms with Crippen LogP contribution in [-0.4, -0.2) is 28.6 Å². The molecule has 0 unspecified atom stereocenters. The number of carboxylic acid groups (broad SMARTS) is 1. The molecule has 0 aliphatic heterocycles. The van der Waals surface area contributed by atoms with Crippen LogP contribution in [0.4, 0.5) is 4.39 Å². The maximum atomic E-state index is 12.6. The highest BCUT2D eigenvalue weighted by Gasteiger charge is 2.07. The van der Waals surface area contributed by atoms with E-state index < -0.39 is 24.4 Å². The number of carbonyl (C=O) groups is 2. The molecule has 6 nitrogen and oxygen atoms in total. The van der Waals surface area contributed by atoms with Gasteiger partial charge >= 0.3 is 5.97 Å². The number of aliphatic carboxylic acids is 1. The molecule has 0 bridgehead atoms. The third-order valence-corrected chi connectivity index (χ3v) is 1.35. The highest BCUT2D eigenvalue weighted by atomic mass is 19.1. The molecule has 0 aliphatic rings. The van der Waals surface area contributed by atoms with Crippen LogP contribution in [0, 0.1) is 5.95 Å². The average molecular weight is 214 g/mol. The van der Waals surface area contributed by atoms with Gasteiger partial charge in [0.05, 0.1) is 0 Å². The molecule has 0 fully saturated rings. The highest BCUT2D eigenvalue weighted by molar-refractivity contribution is 5.93. The molecular weight excluding hydrogens is 207 g/mol. The summed E-state index contributed by atoms with van der Waals surface area (Å²) in [6.07, 6.45) is 1.11. The molecule has 2 N–H and O–H groups in total. The summed E-state index contributed by atoms with van der Waals surface area (Å²) >= 11 is 0. The Morgan fingerprint density at radius 3 is 2.93 bits per heavy atom. The number of hydrogen-bond acceptors (Lipinski definition) is 4. The van der Waals surface area contributed by atoms with Gasteiger partial charge in [0.15, 0.2) is 6.61 Å². The van der Waals surface area contributed by atoms with Crippen LogP contribution in [0.1, 0.15) is 10.4 Å². The van der Waals surface area contributed by atoms with Crippen molar-refractivity contribution in [3.63, 3.8) is 0 Å². The highest BCUT2D eigenvalue weighted by Crippen LogP contribution is 1.99. The summed E-state index contributed by atoms with van der Waals surface area (Å²) in [5.41, 5.74) is 1.84. The molecule has 1 rings (SSSR count). The summed E-state index contributed by atoms with van der Waals surface area (Å²) in [5.74, 6) is -2.77. The van der Waals surface area contributed by atoms with Gasteiger partial charge in [-0.25, -0.2) is 15.3 Å². The van der Waals surface area contributed by atoms with Gasteiger partial charge in [-0.2, -0.15) is 4.39 Å². The molecular formula is C8H7FN2O4. The molecule has 0 aliphatic carbocycles. The third kappa shape index (κ3) is 3.69. The van der Waals surface area contributed by atoms with Crippen molar-refractivity contribution in [3.8, 4) is 0 Å². The lowest BCUT2D eigenvalue weighted by atomic mass is 10.2. The second-order valence-corrected chi connectivity index (χ2v) is 2.48. The van der Waals surface area contributed by atoms with Crippen LogP contribution in [-0.2, 0) is 9.63 Å². The topological polar surface area (TPSA) is 88.5 Å². The van der Waals surface area contributed by atoms with E-state index in [4.69, 9.17) is 5.11 Å². The molecule has 1 amide bonds. The molecule has 0 aromatic carbocycles. The largest absolute Gasteiger partial charge is 0.479 e.